The maximum Gasteiger partial charge on any atom is 0.258 e. The first-order valence-electron chi connectivity index (χ1n) is 9.33. The zero-order valence-corrected chi connectivity index (χ0v) is 16.0. The van der Waals surface area contributed by atoms with E-state index in [0.29, 0.717) is 23.1 Å². The van der Waals surface area contributed by atoms with E-state index < -0.39 is 0 Å². The number of unbranched alkanes of at least 4 members (excludes halogenated alkanes) is 3. The first-order valence-corrected chi connectivity index (χ1v) is 9.33. The maximum absolute atomic E-state index is 13.2. The highest BCUT2D eigenvalue weighted by Crippen LogP contribution is 2.39. The summed E-state index contributed by atoms with van der Waals surface area (Å²) >= 11 is 0. The normalized spacial score (nSPS) is 12.0. The number of aromatic nitrogens is 1. The number of nitrogens with zero attached hydrogens (tertiary/aromatic N) is 1. The molecule has 140 valence electrons. The number of halogens is 1. The summed E-state index contributed by atoms with van der Waals surface area (Å²) in [6.07, 6.45) is 4.25. The number of quaternary nitrogens is 1. The van der Waals surface area contributed by atoms with E-state index in [1.165, 1.54) is 0 Å². The second-order valence-electron chi connectivity index (χ2n) is 6.87. The van der Waals surface area contributed by atoms with E-state index in [0.717, 1.165) is 48.9 Å². The summed E-state index contributed by atoms with van der Waals surface area (Å²) in [7, 11) is 0. The zero-order chi connectivity index (χ0) is 18.1. The standard InChI is InChI=1S/C22H22N2O2.ClH/c23-13-7-1-2-8-14-24-20-16-10-4-5-11-17(16)21(25)19(20)15-9-3-6-12-18(15)22(24)26;/h3-6,9-12H,1-2,7-8,13-14,23H2;1H. The molecule has 0 saturated carbocycles. The molecule has 27 heavy (non-hydrogen) atoms. The molecule has 5 heteroatoms. The molecule has 0 spiro atoms. The van der Waals surface area contributed by atoms with Crippen LogP contribution in [-0.2, 0) is 6.54 Å². The number of carbonyl (C=O) groups excluding carboxylic acids is 1. The van der Waals surface area contributed by atoms with Gasteiger partial charge in [0.05, 0.1) is 17.8 Å². The van der Waals surface area contributed by atoms with E-state index in [4.69, 9.17) is 0 Å². The van der Waals surface area contributed by atoms with Gasteiger partial charge in [0.1, 0.15) is 0 Å². The molecule has 4 rings (SSSR count). The number of hydrogen-bond donors (Lipinski definition) is 1. The fourth-order valence-corrected chi connectivity index (χ4v) is 3.94. The molecular formula is C22H23ClN2O2. The van der Waals surface area contributed by atoms with Gasteiger partial charge in [0.2, 0.25) is 0 Å². The van der Waals surface area contributed by atoms with Gasteiger partial charge in [-0.1, -0.05) is 48.9 Å². The summed E-state index contributed by atoms with van der Waals surface area (Å²) in [5.74, 6) is 0.0256. The lowest BCUT2D eigenvalue weighted by Crippen LogP contribution is -3.00. The Morgan fingerprint density at radius 3 is 2.15 bits per heavy atom. The molecule has 1 aliphatic rings. The van der Waals surface area contributed by atoms with Crippen molar-refractivity contribution in [3.63, 3.8) is 0 Å². The van der Waals surface area contributed by atoms with Crippen LogP contribution in [0.25, 0.3) is 22.0 Å². The summed E-state index contributed by atoms with van der Waals surface area (Å²) in [6.45, 7) is 1.60. The van der Waals surface area contributed by atoms with E-state index in [-0.39, 0.29) is 23.7 Å². The van der Waals surface area contributed by atoms with Gasteiger partial charge in [0.15, 0.2) is 5.78 Å². The second kappa shape index (κ2) is 8.07. The van der Waals surface area contributed by atoms with Crippen LogP contribution in [0.15, 0.2) is 53.3 Å². The lowest BCUT2D eigenvalue weighted by molar-refractivity contribution is -0.368. The van der Waals surface area contributed by atoms with Crippen LogP contribution in [0.3, 0.4) is 0 Å². The van der Waals surface area contributed by atoms with Crippen LogP contribution in [0.2, 0.25) is 0 Å². The first-order chi connectivity index (χ1) is 12.7. The van der Waals surface area contributed by atoms with Gasteiger partial charge in [0.25, 0.3) is 5.56 Å². The Balaban J connectivity index is 0.00000210. The van der Waals surface area contributed by atoms with Crippen molar-refractivity contribution in [2.75, 3.05) is 6.54 Å². The van der Waals surface area contributed by atoms with Crippen molar-refractivity contribution in [2.24, 2.45) is 0 Å². The number of pyridine rings is 1. The summed E-state index contributed by atoms with van der Waals surface area (Å²) in [6, 6.07) is 15.1. The molecule has 0 fully saturated rings. The van der Waals surface area contributed by atoms with Gasteiger partial charge in [-0.05, 0) is 25.3 Å². The fraction of sp³-hybridized carbons (Fsp3) is 0.273. The van der Waals surface area contributed by atoms with Crippen molar-refractivity contribution in [2.45, 2.75) is 32.2 Å². The van der Waals surface area contributed by atoms with Gasteiger partial charge in [-0.2, -0.15) is 0 Å². The summed E-state index contributed by atoms with van der Waals surface area (Å²) < 4.78 is 1.82. The van der Waals surface area contributed by atoms with Gasteiger partial charge in [-0.15, -0.1) is 0 Å². The van der Waals surface area contributed by atoms with Crippen LogP contribution in [0.4, 0.5) is 0 Å². The summed E-state index contributed by atoms with van der Waals surface area (Å²) in [5, 5.41) is 1.40. The highest BCUT2D eigenvalue weighted by molar-refractivity contribution is 6.26. The van der Waals surface area contributed by atoms with Gasteiger partial charge in [0, 0.05) is 28.4 Å². The van der Waals surface area contributed by atoms with Gasteiger partial charge in [-0.3, -0.25) is 9.59 Å². The molecule has 0 unspecified atom stereocenters. The number of benzene rings is 2. The van der Waals surface area contributed by atoms with Crippen LogP contribution in [-0.4, -0.2) is 16.9 Å². The molecule has 0 aliphatic heterocycles. The molecule has 3 N–H and O–H groups in total. The average molecular weight is 383 g/mol. The largest absolute Gasteiger partial charge is 1.00 e. The van der Waals surface area contributed by atoms with Gasteiger partial charge >= 0.3 is 0 Å². The SMILES string of the molecule is [Cl-].[NH3+]CCCCCCn1c2c(c3ccccc3c1=O)C(=O)c1ccccc1-2. The molecule has 1 heterocycles. The highest BCUT2D eigenvalue weighted by atomic mass is 35.5. The fourth-order valence-electron chi connectivity index (χ4n) is 3.94. The third kappa shape index (κ3) is 3.20. The Bertz CT molecular complexity index is 1060. The number of ketones is 1. The predicted octanol–water partition coefficient (Wildman–Crippen LogP) is 0.0192. The average Bonchev–Trinajstić information content (AvgIpc) is 2.97. The minimum absolute atomic E-state index is 0. The highest BCUT2D eigenvalue weighted by Gasteiger charge is 2.31. The molecule has 0 radical (unpaired) electrons. The molecule has 0 amide bonds. The van der Waals surface area contributed by atoms with Crippen molar-refractivity contribution in [3.05, 3.63) is 70.0 Å². The molecule has 0 bridgehead atoms. The van der Waals surface area contributed by atoms with Crippen molar-refractivity contribution < 1.29 is 22.9 Å². The van der Waals surface area contributed by atoms with E-state index in [1.54, 1.807) is 0 Å². The third-order valence-electron chi connectivity index (χ3n) is 5.21. The molecule has 3 aromatic rings. The molecule has 0 atom stereocenters. The van der Waals surface area contributed by atoms with Crippen molar-refractivity contribution >= 4 is 16.6 Å². The van der Waals surface area contributed by atoms with Crippen LogP contribution in [0, 0.1) is 0 Å². The third-order valence-corrected chi connectivity index (χ3v) is 5.21. The number of fused-ring (bicyclic) bond motifs is 5. The van der Waals surface area contributed by atoms with E-state index >= 15 is 0 Å². The van der Waals surface area contributed by atoms with Gasteiger partial charge < -0.3 is 22.7 Å². The Morgan fingerprint density at radius 2 is 1.41 bits per heavy atom. The minimum Gasteiger partial charge on any atom is -1.00 e. The number of hydrogen-bond acceptors (Lipinski definition) is 2. The van der Waals surface area contributed by atoms with Gasteiger partial charge in [-0.25, -0.2) is 0 Å². The van der Waals surface area contributed by atoms with Crippen LogP contribution in [0.1, 0.15) is 41.6 Å². The zero-order valence-electron chi connectivity index (χ0n) is 15.2. The molecule has 0 saturated heterocycles. The Morgan fingerprint density at radius 1 is 0.778 bits per heavy atom. The van der Waals surface area contributed by atoms with Crippen molar-refractivity contribution in [3.8, 4) is 11.3 Å². The maximum atomic E-state index is 13.2. The summed E-state index contributed by atoms with van der Waals surface area (Å²) in [5.41, 5.74) is 6.94. The minimum atomic E-state index is 0. The number of carbonyl (C=O) groups is 1. The van der Waals surface area contributed by atoms with Crippen molar-refractivity contribution in [1.29, 1.82) is 0 Å². The molecular weight excluding hydrogens is 360 g/mol. The predicted molar refractivity (Wildman–Crippen MR) is 103 cm³/mol. The van der Waals surface area contributed by atoms with E-state index in [2.05, 4.69) is 5.73 Å². The van der Waals surface area contributed by atoms with E-state index in [9.17, 15) is 9.59 Å². The molecule has 4 nitrogen and oxygen atoms in total. The van der Waals surface area contributed by atoms with Crippen molar-refractivity contribution in [1.82, 2.24) is 4.57 Å². The smallest absolute Gasteiger partial charge is 0.258 e. The Hall–Kier alpha value is -2.43. The lowest BCUT2D eigenvalue weighted by Gasteiger charge is -2.15. The van der Waals surface area contributed by atoms with Crippen LogP contribution >= 0.6 is 0 Å². The topological polar surface area (TPSA) is 66.7 Å². The monoisotopic (exact) mass is 382 g/mol. The molecule has 1 aromatic heterocycles. The Labute approximate surface area is 164 Å². The second-order valence-corrected chi connectivity index (χ2v) is 6.87. The van der Waals surface area contributed by atoms with Crippen LogP contribution in [0.5, 0.6) is 0 Å². The molecule has 2 aromatic carbocycles. The number of rotatable bonds is 6. The Kier molecular flexibility index (Phi) is 5.78. The molecule has 1 aliphatic carbocycles. The quantitative estimate of drug-likeness (QED) is 0.478. The lowest BCUT2D eigenvalue weighted by atomic mass is 10.0. The van der Waals surface area contributed by atoms with E-state index in [1.807, 2.05) is 53.1 Å². The van der Waals surface area contributed by atoms with Crippen LogP contribution < -0.4 is 23.7 Å². The first kappa shape index (κ1) is 19.3. The summed E-state index contributed by atoms with van der Waals surface area (Å²) in [4.78, 5) is 26.2.